The predicted molar refractivity (Wildman–Crippen MR) is 102 cm³/mol. The molecule has 0 aromatic heterocycles. The van der Waals surface area contributed by atoms with Crippen LogP contribution in [0.1, 0.15) is 85.0 Å². The summed E-state index contributed by atoms with van der Waals surface area (Å²) in [4.78, 5) is 14.2. The number of amides is 1. The average Bonchev–Trinajstić information content (AvgIpc) is 2.56. The van der Waals surface area contributed by atoms with Crippen LogP contribution in [-0.4, -0.2) is 37.0 Å². The summed E-state index contributed by atoms with van der Waals surface area (Å²) in [5.41, 5.74) is 0. The van der Waals surface area contributed by atoms with Crippen LogP contribution in [0.5, 0.6) is 0 Å². The topological polar surface area (TPSA) is 32.3 Å². The fourth-order valence-corrected chi connectivity index (χ4v) is 2.55. The van der Waals surface area contributed by atoms with E-state index >= 15 is 0 Å². The predicted octanol–water partition coefficient (Wildman–Crippen LogP) is 4.92. The minimum absolute atomic E-state index is 0.0597. The summed E-state index contributed by atoms with van der Waals surface area (Å²) in [6.45, 7) is 10.7. The third-order valence-electron chi connectivity index (χ3n) is 4.13. The standard InChI is InChI=1S/C20H40N2O/c1-4-7-10-11-12-13-14-15-20(23)21-16-19-22(17-8-5-2)18-9-6-3/h14-15H,4-13,16-19H2,1-3H3,(H,21,23)/b15-14+. The molecule has 3 nitrogen and oxygen atoms in total. The highest BCUT2D eigenvalue weighted by Crippen LogP contribution is 2.05. The Hall–Kier alpha value is -0.830. The molecule has 0 aromatic rings. The van der Waals surface area contributed by atoms with Gasteiger partial charge in [-0.05, 0) is 44.8 Å². The van der Waals surface area contributed by atoms with Crippen molar-refractivity contribution in [3.05, 3.63) is 12.2 Å². The van der Waals surface area contributed by atoms with Gasteiger partial charge in [0.1, 0.15) is 0 Å². The molecule has 0 aliphatic rings. The fourth-order valence-electron chi connectivity index (χ4n) is 2.55. The highest BCUT2D eigenvalue weighted by atomic mass is 16.1. The highest BCUT2D eigenvalue weighted by molar-refractivity contribution is 5.87. The summed E-state index contributed by atoms with van der Waals surface area (Å²) in [6, 6.07) is 0. The van der Waals surface area contributed by atoms with Gasteiger partial charge >= 0.3 is 0 Å². The second kappa shape index (κ2) is 17.5. The summed E-state index contributed by atoms with van der Waals surface area (Å²) < 4.78 is 0. The highest BCUT2D eigenvalue weighted by Gasteiger charge is 2.04. The van der Waals surface area contributed by atoms with Crippen LogP contribution in [0, 0.1) is 0 Å². The molecule has 0 bridgehead atoms. The summed E-state index contributed by atoms with van der Waals surface area (Å²) in [5.74, 6) is 0.0597. The first-order valence-corrected chi connectivity index (χ1v) is 9.91. The lowest BCUT2D eigenvalue weighted by Gasteiger charge is -2.21. The maximum Gasteiger partial charge on any atom is 0.243 e. The zero-order valence-corrected chi connectivity index (χ0v) is 15.9. The molecule has 0 aromatic carbocycles. The molecule has 136 valence electrons. The van der Waals surface area contributed by atoms with Crippen molar-refractivity contribution in [2.24, 2.45) is 0 Å². The first-order valence-electron chi connectivity index (χ1n) is 9.91. The van der Waals surface area contributed by atoms with Crippen molar-refractivity contribution in [2.45, 2.75) is 85.0 Å². The lowest BCUT2D eigenvalue weighted by atomic mass is 10.1. The van der Waals surface area contributed by atoms with Gasteiger partial charge < -0.3 is 10.2 Å². The van der Waals surface area contributed by atoms with Crippen LogP contribution in [0.4, 0.5) is 0 Å². The molecule has 3 heteroatoms. The molecule has 0 saturated heterocycles. The molecule has 0 atom stereocenters. The number of rotatable bonds is 16. The number of carbonyl (C=O) groups excluding carboxylic acids is 1. The van der Waals surface area contributed by atoms with Gasteiger partial charge in [0.15, 0.2) is 0 Å². The number of nitrogens with zero attached hydrogens (tertiary/aromatic N) is 1. The number of nitrogens with one attached hydrogen (secondary N) is 1. The van der Waals surface area contributed by atoms with Gasteiger partial charge in [0.25, 0.3) is 0 Å². The molecule has 0 rings (SSSR count). The number of hydrogen-bond acceptors (Lipinski definition) is 2. The van der Waals surface area contributed by atoms with Crippen molar-refractivity contribution in [3.8, 4) is 0 Å². The van der Waals surface area contributed by atoms with Crippen LogP contribution >= 0.6 is 0 Å². The van der Waals surface area contributed by atoms with Gasteiger partial charge in [-0.25, -0.2) is 0 Å². The van der Waals surface area contributed by atoms with Crippen molar-refractivity contribution < 1.29 is 4.79 Å². The first-order chi connectivity index (χ1) is 11.2. The molecule has 0 spiro atoms. The van der Waals surface area contributed by atoms with E-state index in [0.29, 0.717) is 0 Å². The van der Waals surface area contributed by atoms with Crippen molar-refractivity contribution >= 4 is 5.91 Å². The molecule has 0 aliphatic heterocycles. The van der Waals surface area contributed by atoms with Gasteiger partial charge in [0.05, 0.1) is 0 Å². The van der Waals surface area contributed by atoms with E-state index < -0.39 is 0 Å². The summed E-state index contributed by atoms with van der Waals surface area (Å²) >= 11 is 0. The maximum atomic E-state index is 11.8. The Kier molecular flexibility index (Phi) is 16.9. The molecule has 0 aliphatic carbocycles. The third-order valence-corrected chi connectivity index (χ3v) is 4.13. The van der Waals surface area contributed by atoms with Gasteiger partial charge in [0, 0.05) is 13.1 Å². The zero-order chi connectivity index (χ0) is 17.2. The monoisotopic (exact) mass is 324 g/mol. The second-order valence-corrected chi connectivity index (χ2v) is 6.45. The summed E-state index contributed by atoms with van der Waals surface area (Å²) in [7, 11) is 0. The first kappa shape index (κ1) is 22.2. The van der Waals surface area contributed by atoms with Crippen LogP contribution < -0.4 is 5.32 Å². The Balaban J connectivity index is 3.71. The molecule has 0 heterocycles. The van der Waals surface area contributed by atoms with E-state index in [1.54, 1.807) is 6.08 Å². The molecule has 0 radical (unpaired) electrons. The average molecular weight is 325 g/mol. The SMILES string of the molecule is CCCCCCC/C=C/C(=O)NCCN(CCCC)CCCC. The van der Waals surface area contributed by atoms with E-state index in [0.717, 1.165) is 32.6 Å². The number of allylic oxidation sites excluding steroid dienone is 1. The van der Waals surface area contributed by atoms with Crippen molar-refractivity contribution in [1.82, 2.24) is 10.2 Å². The molecule has 0 unspecified atom stereocenters. The minimum Gasteiger partial charge on any atom is -0.351 e. The van der Waals surface area contributed by atoms with E-state index in [2.05, 4.69) is 31.0 Å². The van der Waals surface area contributed by atoms with Crippen LogP contribution in [0.15, 0.2) is 12.2 Å². The van der Waals surface area contributed by atoms with Crippen molar-refractivity contribution in [1.29, 1.82) is 0 Å². The molecule has 0 fully saturated rings. The summed E-state index contributed by atoms with van der Waals surface area (Å²) in [5, 5.41) is 3.01. The zero-order valence-electron chi connectivity index (χ0n) is 15.9. The third kappa shape index (κ3) is 15.8. The van der Waals surface area contributed by atoms with Crippen molar-refractivity contribution in [2.75, 3.05) is 26.2 Å². The normalized spacial score (nSPS) is 11.5. The number of unbranched alkanes of at least 4 members (excludes halogenated alkanes) is 7. The van der Waals surface area contributed by atoms with E-state index in [4.69, 9.17) is 0 Å². The van der Waals surface area contributed by atoms with E-state index in [1.165, 1.54) is 57.8 Å². The number of hydrogen-bond donors (Lipinski definition) is 1. The molecular weight excluding hydrogens is 284 g/mol. The minimum atomic E-state index is 0.0597. The Morgan fingerprint density at radius 3 is 2.04 bits per heavy atom. The quantitative estimate of drug-likeness (QED) is 0.323. The van der Waals surface area contributed by atoms with Gasteiger partial charge in [0.2, 0.25) is 5.91 Å². The molecular formula is C20H40N2O. The maximum absolute atomic E-state index is 11.8. The number of carbonyl (C=O) groups is 1. The second-order valence-electron chi connectivity index (χ2n) is 6.45. The largest absolute Gasteiger partial charge is 0.351 e. The fraction of sp³-hybridized carbons (Fsp3) is 0.850. The van der Waals surface area contributed by atoms with Crippen LogP contribution in [0.25, 0.3) is 0 Å². The van der Waals surface area contributed by atoms with Gasteiger partial charge in [-0.3, -0.25) is 4.79 Å². The Labute approximate surface area is 144 Å². The Bertz CT molecular complexity index is 281. The van der Waals surface area contributed by atoms with Gasteiger partial charge in [-0.15, -0.1) is 0 Å². The lowest BCUT2D eigenvalue weighted by Crippen LogP contribution is -2.35. The molecule has 0 saturated carbocycles. The Morgan fingerprint density at radius 2 is 1.43 bits per heavy atom. The molecule has 1 amide bonds. The van der Waals surface area contributed by atoms with Gasteiger partial charge in [-0.2, -0.15) is 0 Å². The molecule has 23 heavy (non-hydrogen) atoms. The van der Waals surface area contributed by atoms with Crippen LogP contribution in [0.3, 0.4) is 0 Å². The Morgan fingerprint density at radius 1 is 0.826 bits per heavy atom. The van der Waals surface area contributed by atoms with E-state index in [-0.39, 0.29) is 5.91 Å². The smallest absolute Gasteiger partial charge is 0.243 e. The lowest BCUT2D eigenvalue weighted by molar-refractivity contribution is -0.116. The summed E-state index contributed by atoms with van der Waals surface area (Å²) in [6.07, 6.45) is 16.1. The van der Waals surface area contributed by atoms with Gasteiger partial charge in [-0.1, -0.05) is 65.4 Å². The van der Waals surface area contributed by atoms with E-state index in [9.17, 15) is 4.79 Å². The van der Waals surface area contributed by atoms with Crippen molar-refractivity contribution in [3.63, 3.8) is 0 Å². The molecule has 1 N–H and O–H groups in total. The van der Waals surface area contributed by atoms with Crippen LogP contribution in [0.2, 0.25) is 0 Å². The van der Waals surface area contributed by atoms with Crippen LogP contribution in [-0.2, 0) is 4.79 Å². The van der Waals surface area contributed by atoms with E-state index in [1.807, 2.05) is 6.08 Å².